The molecule has 0 N–H and O–H groups in total. The van der Waals surface area contributed by atoms with Crippen molar-refractivity contribution < 1.29 is 13.2 Å². The molecule has 4 rings (SSSR count). The van der Waals surface area contributed by atoms with E-state index in [1.165, 1.54) is 11.3 Å². The zero-order valence-electron chi connectivity index (χ0n) is 23.7. The zero-order valence-corrected chi connectivity index (χ0v) is 25.3. The van der Waals surface area contributed by atoms with Gasteiger partial charge in [-0.15, -0.1) is 0 Å². The molecule has 9 heteroatoms. The van der Waals surface area contributed by atoms with Crippen LogP contribution in [-0.2, 0) is 16.6 Å². The number of para-hydroxylation sites is 1. The minimum atomic E-state index is -3.65. The summed E-state index contributed by atoms with van der Waals surface area (Å²) in [6, 6.07) is 16.2. The van der Waals surface area contributed by atoms with Crippen LogP contribution in [0.1, 0.15) is 80.8 Å². The van der Waals surface area contributed by atoms with Gasteiger partial charge >= 0.3 is 0 Å². The first-order chi connectivity index (χ1) is 19.3. The lowest BCUT2D eigenvalue weighted by Crippen LogP contribution is -2.33. The van der Waals surface area contributed by atoms with E-state index in [-0.39, 0.29) is 10.8 Å². The van der Waals surface area contributed by atoms with Crippen molar-refractivity contribution in [3.05, 3.63) is 83.7 Å². The van der Waals surface area contributed by atoms with E-state index >= 15 is 0 Å². The van der Waals surface area contributed by atoms with Gasteiger partial charge in [-0.2, -0.15) is 4.31 Å². The Morgan fingerprint density at radius 1 is 0.950 bits per heavy atom. The highest BCUT2D eigenvalue weighted by Crippen LogP contribution is 2.35. The summed E-state index contributed by atoms with van der Waals surface area (Å²) >= 11 is 1.48. The maximum Gasteiger partial charge on any atom is 0.260 e. The Morgan fingerprint density at radius 3 is 2.25 bits per heavy atom. The lowest BCUT2D eigenvalue weighted by atomic mass is 10.0. The molecule has 0 saturated heterocycles. The third-order valence-electron chi connectivity index (χ3n) is 6.86. The minimum Gasteiger partial charge on any atom is -0.279 e. The molecule has 0 radical (unpaired) electrons. The Hall–Kier alpha value is -3.14. The molecule has 0 unspecified atom stereocenters. The van der Waals surface area contributed by atoms with E-state index in [0.29, 0.717) is 36.2 Å². The van der Waals surface area contributed by atoms with Crippen molar-refractivity contribution in [2.75, 3.05) is 18.0 Å². The highest BCUT2D eigenvalue weighted by atomic mass is 32.2. The van der Waals surface area contributed by atoms with Gasteiger partial charge in [-0.1, -0.05) is 70.1 Å². The molecular weight excluding hydrogens is 541 g/mol. The van der Waals surface area contributed by atoms with Gasteiger partial charge in [-0.25, -0.2) is 13.4 Å². The molecule has 0 fully saturated rings. The van der Waals surface area contributed by atoms with Crippen LogP contribution in [0.4, 0.5) is 5.13 Å². The summed E-state index contributed by atoms with van der Waals surface area (Å²) < 4.78 is 29.4. The highest BCUT2D eigenvalue weighted by molar-refractivity contribution is 7.89. The molecular formula is C31H38N4O3S2. The van der Waals surface area contributed by atoms with Crippen LogP contribution in [0.3, 0.4) is 0 Å². The van der Waals surface area contributed by atoms with Crippen LogP contribution in [0, 0.1) is 0 Å². The first-order valence-corrected chi connectivity index (χ1v) is 16.2. The molecule has 0 saturated carbocycles. The lowest BCUT2D eigenvalue weighted by Gasteiger charge is -2.22. The molecule has 2 aromatic carbocycles. The fraction of sp³-hybridized carbons (Fsp3) is 0.387. The van der Waals surface area contributed by atoms with Crippen LogP contribution < -0.4 is 4.90 Å². The van der Waals surface area contributed by atoms with E-state index in [2.05, 4.69) is 38.7 Å². The summed E-state index contributed by atoms with van der Waals surface area (Å²) in [5.41, 5.74) is 3.32. The number of nitrogens with zero attached hydrogens (tertiary/aromatic N) is 4. The van der Waals surface area contributed by atoms with Gasteiger partial charge < -0.3 is 0 Å². The summed E-state index contributed by atoms with van der Waals surface area (Å²) in [5, 5.41) is 0.596. The first-order valence-electron chi connectivity index (χ1n) is 14.0. The van der Waals surface area contributed by atoms with E-state index in [9.17, 15) is 13.2 Å². The highest BCUT2D eigenvalue weighted by Gasteiger charge is 2.26. The average molecular weight is 579 g/mol. The SMILES string of the molecule is CCCCN(CCCC)S(=O)(=O)c1ccc(C(=O)N(Cc2cccnc2)c2nc3c(C(C)C)cccc3s2)cc1. The molecule has 1 amide bonds. The fourth-order valence-electron chi connectivity index (χ4n) is 4.54. The third-order valence-corrected chi connectivity index (χ3v) is 9.82. The van der Waals surface area contributed by atoms with Crippen LogP contribution in [0.15, 0.2) is 71.9 Å². The molecule has 0 aliphatic carbocycles. The molecule has 7 nitrogen and oxygen atoms in total. The lowest BCUT2D eigenvalue weighted by molar-refractivity contribution is 0.0985. The minimum absolute atomic E-state index is 0.205. The number of aromatic nitrogens is 2. The number of rotatable bonds is 13. The van der Waals surface area contributed by atoms with Crippen LogP contribution in [-0.4, -0.2) is 41.7 Å². The average Bonchev–Trinajstić information content (AvgIpc) is 3.40. The second-order valence-electron chi connectivity index (χ2n) is 10.2. The Morgan fingerprint density at radius 2 is 1.65 bits per heavy atom. The monoisotopic (exact) mass is 578 g/mol. The number of fused-ring (bicyclic) bond motifs is 1. The van der Waals surface area contributed by atoms with Crippen molar-refractivity contribution in [2.24, 2.45) is 0 Å². The molecule has 4 aromatic rings. The summed E-state index contributed by atoms with van der Waals surface area (Å²) in [5.74, 6) is 0.0524. The molecule has 0 spiro atoms. The predicted octanol–water partition coefficient (Wildman–Crippen LogP) is 7.25. The summed E-state index contributed by atoms with van der Waals surface area (Å²) in [4.78, 5) is 24.9. The Bertz CT molecular complexity index is 1510. The number of hydrogen-bond acceptors (Lipinski definition) is 6. The number of thiazole rings is 1. The number of anilines is 1. The third kappa shape index (κ3) is 6.77. The summed E-state index contributed by atoms with van der Waals surface area (Å²) in [6.45, 7) is 9.66. The second kappa shape index (κ2) is 13.5. The summed E-state index contributed by atoms with van der Waals surface area (Å²) in [7, 11) is -3.65. The molecule has 2 aromatic heterocycles. The molecule has 0 bridgehead atoms. The van der Waals surface area contributed by atoms with Crippen molar-refractivity contribution in [3.63, 3.8) is 0 Å². The van der Waals surface area contributed by atoms with Crippen molar-refractivity contribution in [1.82, 2.24) is 14.3 Å². The van der Waals surface area contributed by atoms with Crippen LogP contribution in [0.25, 0.3) is 10.2 Å². The number of sulfonamides is 1. The Balaban J connectivity index is 1.68. The second-order valence-corrected chi connectivity index (χ2v) is 13.2. The molecule has 0 aliphatic heterocycles. The maximum absolute atomic E-state index is 13.9. The Labute approximate surface area is 241 Å². The van der Waals surface area contributed by atoms with E-state index in [1.54, 1.807) is 45.9 Å². The topological polar surface area (TPSA) is 83.5 Å². The first kappa shape index (κ1) is 29.8. The number of carbonyl (C=O) groups is 1. The van der Waals surface area contributed by atoms with Gasteiger partial charge in [0, 0.05) is 31.0 Å². The molecule has 40 heavy (non-hydrogen) atoms. The van der Waals surface area contributed by atoms with Crippen molar-refractivity contribution >= 4 is 42.6 Å². The molecule has 2 heterocycles. The van der Waals surface area contributed by atoms with E-state index in [0.717, 1.165) is 47.0 Å². The summed E-state index contributed by atoms with van der Waals surface area (Å²) in [6.07, 6.45) is 6.90. The van der Waals surface area contributed by atoms with Gasteiger partial charge in [0.15, 0.2) is 5.13 Å². The number of unbranched alkanes of at least 4 members (excludes halogenated alkanes) is 2. The quantitative estimate of drug-likeness (QED) is 0.167. The van der Waals surface area contributed by atoms with Crippen LogP contribution in [0.5, 0.6) is 0 Å². The number of carbonyl (C=O) groups excluding carboxylic acids is 1. The van der Waals surface area contributed by atoms with Gasteiger partial charge in [-0.3, -0.25) is 14.7 Å². The number of hydrogen-bond donors (Lipinski definition) is 0. The molecule has 0 atom stereocenters. The van der Waals surface area contributed by atoms with Crippen LogP contribution in [0.2, 0.25) is 0 Å². The Kier molecular flexibility index (Phi) is 10.1. The fourth-order valence-corrected chi connectivity index (χ4v) is 7.05. The standard InChI is InChI=1S/C31H38N4O3S2/c1-5-7-19-34(20-8-6-2)40(37,38)26-16-14-25(15-17-26)30(36)35(22-24-11-10-18-32-21-24)31-33-29-27(23(3)4)12-9-13-28(29)39-31/h9-18,21,23H,5-8,19-20,22H2,1-4H3. The van der Waals surface area contributed by atoms with E-state index < -0.39 is 10.0 Å². The van der Waals surface area contributed by atoms with E-state index in [4.69, 9.17) is 4.98 Å². The number of amides is 1. The van der Waals surface area contributed by atoms with Gasteiger partial charge in [0.1, 0.15) is 0 Å². The smallest absolute Gasteiger partial charge is 0.260 e. The van der Waals surface area contributed by atoms with Crippen molar-refractivity contribution in [2.45, 2.75) is 70.7 Å². The van der Waals surface area contributed by atoms with Crippen LogP contribution >= 0.6 is 11.3 Å². The van der Waals surface area contributed by atoms with Crippen molar-refractivity contribution in [1.29, 1.82) is 0 Å². The predicted molar refractivity (Wildman–Crippen MR) is 163 cm³/mol. The molecule has 0 aliphatic rings. The molecule has 212 valence electrons. The van der Waals surface area contributed by atoms with Gasteiger partial charge in [0.2, 0.25) is 10.0 Å². The zero-order chi connectivity index (χ0) is 28.7. The normalized spacial score (nSPS) is 11.9. The largest absolute Gasteiger partial charge is 0.279 e. The van der Waals surface area contributed by atoms with Gasteiger partial charge in [-0.05, 0) is 66.3 Å². The van der Waals surface area contributed by atoms with E-state index in [1.807, 2.05) is 24.3 Å². The van der Waals surface area contributed by atoms with Crippen molar-refractivity contribution in [3.8, 4) is 0 Å². The van der Waals surface area contributed by atoms with Gasteiger partial charge in [0.05, 0.1) is 21.7 Å². The number of pyridine rings is 1. The maximum atomic E-state index is 13.9. The number of benzene rings is 2. The van der Waals surface area contributed by atoms with Gasteiger partial charge in [0.25, 0.3) is 5.91 Å².